The topological polar surface area (TPSA) is 23.1 Å². The Morgan fingerprint density at radius 2 is 1.29 bits per heavy atom. The minimum absolute atomic E-state index is 0.162. The fourth-order valence-corrected chi connectivity index (χ4v) is 3.09. The van der Waals surface area contributed by atoms with Crippen molar-refractivity contribution in [3.05, 3.63) is 83.2 Å². The molecule has 1 nitrogen and oxygen atoms in total. The lowest BCUT2D eigenvalue weighted by atomic mass is 9.97. The Labute approximate surface area is 159 Å². The van der Waals surface area contributed by atoms with E-state index in [9.17, 15) is 27.1 Å². The molecular weight excluding hydrogens is 375 g/mol. The van der Waals surface area contributed by atoms with E-state index >= 15 is 0 Å². The van der Waals surface area contributed by atoms with Crippen molar-refractivity contribution in [1.29, 1.82) is 0 Å². The van der Waals surface area contributed by atoms with Crippen LogP contribution in [0.5, 0.6) is 0 Å². The molecule has 0 unspecified atom stereocenters. The van der Waals surface area contributed by atoms with Gasteiger partial charge in [0.2, 0.25) is 6.11 Å². The molecule has 6 heteroatoms. The molecule has 28 heavy (non-hydrogen) atoms. The van der Waals surface area contributed by atoms with Crippen LogP contribution < -0.4 is 5.11 Å². The molecule has 0 spiro atoms. The summed E-state index contributed by atoms with van der Waals surface area (Å²) in [5, 5.41) is 10.6. The van der Waals surface area contributed by atoms with Crippen molar-refractivity contribution in [1.82, 2.24) is 0 Å². The highest BCUT2D eigenvalue weighted by Crippen LogP contribution is 2.33. The predicted octanol–water partition coefficient (Wildman–Crippen LogP) is 5.80. The Morgan fingerprint density at radius 1 is 0.750 bits per heavy atom. The number of hydrogen-bond acceptors (Lipinski definition) is 1. The third kappa shape index (κ3) is 4.07. The van der Waals surface area contributed by atoms with E-state index in [0.29, 0.717) is 17.7 Å². The van der Waals surface area contributed by atoms with Crippen LogP contribution in [0.4, 0.5) is 22.0 Å². The van der Waals surface area contributed by atoms with Gasteiger partial charge in [0.25, 0.3) is 0 Å². The lowest BCUT2D eigenvalue weighted by molar-refractivity contribution is -0.584. The summed E-state index contributed by atoms with van der Waals surface area (Å²) in [6.45, 7) is 2.07. The minimum Gasteiger partial charge on any atom is -0.794 e. The quantitative estimate of drug-likeness (QED) is 0.504. The average Bonchev–Trinajstić information content (AvgIpc) is 2.60. The fraction of sp³-hybridized carbons (Fsp3) is 0.182. The van der Waals surface area contributed by atoms with Crippen molar-refractivity contribution in [3.63, 3.8) is 0 Å². The summed E-state index contributed by atoms with van der Waals surface area (Å²) >= 11 is 0. The summed E-state index contributed by atoms with van der Waals surface area (Å²) in [5.74, 6) is -4.20. The van der Waals surface area contributed by atoms with Crippen LogP contribution in [-0.2, 0) is 12.5 Å². The lowest BCUT2D eigenvalue weighted by Gasteiger charge is -2.23. The van der Waals surface area contributed by atoms with Crippen LogP contribution in [-0.4, -0.2) is 0 Å². The van der Waals surface area contributed by atoms with Gasteiger partial charge < -0.3 is 5.11 Å². The fourth-order valence-electron chi connectivity index (χ4n) is 3.09. The summed E-state index contributed by atoms with van der Waals surface area (Å²) < 4.78 is 67.8. The minimum atomic E-state index is -4.92. The highest BCUT2D eigenvalue weighted by atomic mass is 19.3. The van der Waals surface area contributed by atoms with Gasteiger partial charge in [0.15, 0.2) is 0 Å². The monoisotopic (exact) mass is 391 g/mol. The number of halogens is 5. The molecule has 0 heterocycles. The van der Waals surface area contributed by atoms with E-state index in [1.54, 1.807) is 6.07 Å². The molecule has 0 amide bonds. The molecule has 0 saturated heterocycles. The van der Waals surface area contributed by atoms with E-state index in [1.807, 2.05) is 24.3 Å². The molecular formula is C22H16F5O-. The molecule has 0 aromatic heterocycles. The second-order valence-electron chi connectivity index (χ2n) is 6.47. The maximum atomic E-state index is 14.6. The van der Waals surface area contributed by atoms with Gasteiger partial charge in [0.05, 0.1) is 5.56 Å². The van der Waals surface area contributed by atoms with Crippen LogP contribution in [0, 0.1) is 17.5 Å². The summed E-state index contributed by atoms with van der Waals surface area (Å²) in [7, 11) is 0. The molecule has 0 aliphatic rings. The number of aryl methyl sites for hydroxylation is 1. The van der Waals surface area contributed by atoms with Gasteiger partial charge in [0.1, 0.15) is 17.5 Å². The second-order valence-corrected chi connectivity index (χ2v) is 6.47. The lowest BCUT2D eigenvalue weighted by Crippen LogP contribution is -2.32. The molecule has 3 rings (SSSR count). The molecule has 3 aromatic rings. The van der Waals surface area contributed by atoms with E-state index in [2.05, 4.69) is 6.92 Å². The molecule has 0 fully saturated rings. The van der Waals surface area contributed by atoms with Gasteiger partial charge in [-0.05, 0) is 46.9 Å². The first-order valence-corrected chi connectivity index (χ1v) is 8.67. The first kappa shape index (κ1) is 20.0. The van der Waals surface area contributed by atoms with E-state index in [-0.39, 0.29) is 11.1 Å². The van der Waals surface area contributed by atoms with Crippen molar-refractivity contribution in [2.24, 2.45) is 0 Å². The zero-order valence-corrected chi connectivity index (χ0v) is 14.9. The average molecular weight is 391 g/mol. The maximum absolute atomic E-state index is 14.6. The highest BCUT2D eigenvalue weighted by molar-refractivity contribution is 5.71. The highest BCUT2D eigenvalue weighted by Gasteiger charge is 2.27. The first-order valence-electron chi connectivity index (χ1n) is 8.67. The normalized spacial score (nSPS) is 11.7. The Bertz CT molecular complexity index is 968. The second kappa shape index (κ2) is 7.72. The third-order valence-electron chi connectivity index (χ3n) is 4.44. The number of hydrogen-bond donors (Lipinski definition) is 0. The first-order chi connectivity index (χ1) is 13.2. The molecule has 146 valence electrons. The van der Waals surface area contributed by atoms with Gasteiger partial charge >= 0.3 is 0 Å². The van der Waals surface area contributed by atoms with Crippen molar-refractivity contribution in [3.8, 4) is 22.3 Å². The zero-order valence-electron chi connectivity index (χ0n) is 14.9. The Hall–Kier alpha value is -2.73. The summed E-state index contributed by atoms with van der Waals surface area (Å²) in [6, 6.07) is 12.7. The van der Waals surface area contributed by atoms with Gasteiger partial charge in [-0.1, -0.05) is 49.7 Å². The van der Waals surface area contributed by atoms with E-state index in [4.69, 9.17) is 0 Å². The van der Waals surface area contributed by atoms with Crippen molar-refractivity contribution in [2.75, 3.05) is 0 Å². The maximum Gasteiger partial charge on any atom is 0.218 e. The molecule has 3 aromatic carbocycles. The Kier molecular flexibility index (Phi) is 5.52. The molecule has 0 atom stereocenters. The standard InChI is InChI=1S/C22H16F5O/c1-2-3-13-4-6-14(7-5-13)15-8-9-17(18(23)10-15)16-11-19(24)21(20(25)12-16)22(26,27)28/h4-12H,2-3H2,1H3/q-1. The van der Waals surface area contributed by atoms with Gasteiger partial charge in [-0.25, -0.2) is 22.0 Å². The van der Waals surface area contributed by atoms with Gasteiger partial charge in [-0.3, -0.25) is 0 Å². The Balaban J connectivity index is 1.97. The van der Waals surface area contributed by atoms with Crippen LogP contribution in [0.3, 0.4) is 0 Å². The molecule has 0 aliphatic heterocycles. The zero-order chi connectivity index (χ0) is 20.5. The molecule has 0 radical (unpaired) electrons. The molecule has 0 aliphatic carbocycles. The molecule has 0 N–H and O–H groups in total. The number of rotatable bonds is 5. The molecule has 0 saturated carbocycles. The van der Waals surface area contributed by atoms with Crippen LogP contribution in [0.25, 0.3) is 22.3 Å². The molecule has 0 bridgehead atoms. The summed E-state index contributed by atoms with van der Waals surface area (Å²) in [6.07, 6.45) is -2.98. The third-order valence-corrected chi connectivity index (χ3v) is 4.44. The predicted molar refractivity (Wildman–Crippen MR) is 95.1 cm³/mol. The van der Waals surface area contributed by atoms with Crippen LogP contribution in [0.1, 0.15) is 24.5 Å². The van der Waals surface area contributed by atoms with Gasteiger partial charge in [-0.2, -0.15) is 0 Å². The van der Waals surface area contributed by atoms with Crippen LogP contribution >= 0.6 is 0 Å². The van der Waals surface area contributed by atoms with E-state index in [0.717, 1.165) is 24.0 Å². The number of benzene rings is 3. The van der Waals surface area contributed by atoms with Crippen molar-refractivity contribution in [2.45, 2.75) is 25.9 Å². The van der Waals surface area contributed by atoms with Crippen molar-refractivity contribution >= 4 is 0 Å². The summed E-state index contributed by atoms with van der Waals surface area (Å²) in [5.41, 5.74) is 0.178. The van der Waals surface area contributed by atoms with E-state index < -0.39 is 29.1 Å². The summed E-state index contributed by atoms with van der Waals surface area (Å²) in [4.78, 5) is 0. The Morgan fingerprint density at radius 3 is 1.79 bits per heavy atom. The van der Waals surface area contributed by atoms with Crippen molar-refractivity contribution < 1.29 is 27.1 Å². The van der Waals surface area contributed by atoms with Gasteiger partial charge in [0, 0.05) is 5.56 Å². The van der Waals surface area contributed by atoms with Crippen LogP contribution in [0.15, 0.2) is 54.6 Å². The van der Waals surface area contributed by atoms with E-state index in [1.165, 1.54) is 12.1 Å². The number of alkyl halides is 2. The smallest absolute Gasteiger partial charge is 0.218 e. The largest absolute Gasteiger partial charge is 0.794 e. The van der Waals surface area contributed by atoms with Gasteiger partial charge in [-0.15, -0.1) is 0 Å². The SMILES string of the molecule is CCCc1ccc(-c2ccc(-c3cc(F)c(C([O-])(F)F)c(F)c3)c(F)c2)cc1. The van der Waals surface area contributed by atoms with Crippen LogP contribution in [0.2, 0.25) is 0 Å².